The second kappa shape index (κ2) is 6.39. The molecule has 1 heterocycles. The molecule has 6 heteroatoms. The normalized spacial score (nSPS) is 14.2. The highest BCUT2D eigenvalue weighted by Gasteiger charge is 2.39. The van der Waals surface area contributed by atoms with E-state index in [1.165, 1.54) is 12.1 Å². The Hall–Kier alpha value is -2.68. The van der Waals surface area contributed by atoms with Crippen LogP contribution in [0.25, 0.3) is 0 Å². The molecule has 1 aliphatic heterocycles. The second-order valence-electron chi connectivity index (χ2n) is 5.27. The summed E-state index contributed by atoms with van der Waals surface area (Å²) in [5.41, 5.74) is 1.04. The maximum Gasteiger partial charge on any atom is 0.335 e. The number of carboxylic acids is 1. The van der Waals surface area contributed by atoms with Crippen molar-refractivity contribution in [1.82, 2.24) is 0 Å². The summed E-state index contributed by atoms with van der Waals surface area (Å²) in [5, 5.41) is 19.7. The van der Waals surface area contributed by atoms with Gasteiger partial charge in [0, 0.05) is 31.4 Å². The molecule has 0 fully saturated rings. The molecule has 1 aliphatic rings. The first-order chi connectivity index (χ1) is 10.5. The third-order valence-corrected chi connectivity index (χ3v) is 3.55. The minimum Gasteiger partial charge on any atom is -0.478 e. The number of nitrogens with zero attached hydrogens (tertiary/aromatic N) is 2. The minimum atomic E-state index is -0.992. The molecule has 0 radical (unpaired) electrons. The average molecular weight is 299 g/mol. The Bertz CT molecular complexity index is 668. The number of aromatic carboxylic acids is 1. The van der Waals surface area contributed by atoms with E-state index in [2.05, 4.69) is 21.5 Å². The third kappa shape index (κ3) is 3.92. The number of benzene rings is 1. The Morgan fingerprint density at radius 3 is 2.64 bits per heavy atom. The summed E-state index contributed by atoms with van der Waals surface area (Å²) >= 11 is 0. The minimum absolute atomic E-state index is 0.149. The van der Waals surface area contributed by atoms with Crippen LogP contribution in [0.1, 0.15) is 41.6 Å². The van der Waals surface area contributed by atoms with Crippen LogP contribution in [-0.4, -0.2) is 22.6 Å². The molecule has 6 nitrogen and oxygen atoms in total. The highest BCUT2D eigenvalue weighted by molar-refractivity contribution is 5.93. The Labute approximate surface area is 128 Å². The number of aryl methyl sites for hydroxylation is 1. The predicted octanol–water partition coefficient (Wildman–Crippen LogP) is 2.99. The second-order valence-corrected chi connectivity index (χ2v) is 5.27. The third-order valence-electron chi connectivity index (χ3n) is 3.55. The smallest absolute Gasteiger partial charge is 0.335 e. The van der Waals surface area contributed by atoms with E-state index in [9.17, 15) is 9.59 Å². The van der Waals surface area contributed by atoms with Crippen LogP contribution in [0, 0.1) is 19.3 Å². The van der Waals surface area contributed by atoms with Crippen LogP contribution < -0.4 is 5.32 Å². The van der Waals surface area contributed by atoms with E-state index in [1.807, 2.05) is 0 Å². The van der Waals surface area contributed by atoms with Crippen LogP contribution in [0.3, 0.4) is 0 Å². The number of anilines is 1. The van der Waals surface area contributed by atoms with Crippen LogP contribution in [-0.2, 0) is 4.79 Å². The van der Waals surface area contributed by atoms with Crippen LogP contribution in [0.15, 0.2) is 28.4 Å². The summed E-state index contributed by atoms with van der Waals surface area (Å²) < 4.78 is 0. The van der Waals surface area contributed by atoms with Crippen LogP contribution >= 0.6 is 0 Å². The van der Waals surface area contributed by atoms with Gasteiger partial charge in [-0.15, -0.1) is 12.3 Å². The fourth-order valence-corrected chi connectivity index (χ4v) is 2.13. The fourth-order valence-electron chi connectivity index (χ4n) is 2.13. The van der Waals surface area contributed by atoms with Crippen molar-refractivity contribution < 1.29 is 14.7 Å². The zero-order chi connectivity index (χ0) is 16.2. The molecule has 0 aromatic heterocycles. The van der Waals surface area contributed by atoms with E-state index in [4.69, 9.17) is 11.5 Å². The largest absolute Gasteiger partial charge is 0.478 e. The summed E-state index contributed by atoms with van der Waals surface area (Å²) in [5.74, 6) is 1.40. The SMILES string of the molecule is C#CCCC1(CCC(=O)Nc2ccc(C(=O)O)cc2C)N=N1. The summed E-state index contributed by atoms with van der Waals surface area (Å²) in [6, 6.07) is 4.58. The predicted molar refractivity (Wildman–Crippen MR) is 81.7 cm³/mol. The van der Waals surface area contributed by atoms with Gasteiger partial charge in [-0.3, -0.25) is 4.79 Å². The Kier molecular flexibility index (Phi) is 4.56. The molecular weight excluding hydrogens is 282 g/mol. The molecule has 114 valence electrons. The number of hydrogen-bond donors (Lipinski definition) is 2. The number of carbonyl (C=O) groups is 2. The first kappa shape index (κ1) is 15.7. The lowest BCUT2D eigenvalue weighted by molar-refractivity contribution is -0.116. The van der Waals surface area contributed by atoms with Crippen molar-refractivity contribution in [1.29, 1.82) is 0 Å². The maximum atomic E-state index is 12.0. The van der Waals surface area contributed by atoms with Crippen molar-refractivity contribution in [3.8, 4) is 12.3 Å². The summed E-state index contributed by atoms with van der Waals surface area (Å²) in [6.07, 6.45) is 7.30. The van der Waals surface area contributed by atoms with Crippen molar-refractivity contribution >= 4 is 17.6 Å². The number of carbonyl (C=O) groups excluding carboxylic acids is 1. The van der Waals surface area contributed by atoms with Gasteiger partial charge in [-0.2, -0.15) is 10.2 Å². The van der Waals surface area contributed by atoms with Crippen LogP contribution in [0.5, 0.6) is 0 Å². The number of nitrogens with one attached hydrogen (secondary N) is 1. The number of terminal acetylenes is 1. The van der Waals surface area contributed by atoms with E-state index in [1.54, 1.807) is 13.0 Å². The number of hydrogen-bond acceptors (Lipinski definition) is 4. The van der Waals surface area contributed by atoms with E-state index >= 15 is 0 Å². The molecule has 0 saturated carbocycles. The van der Waals surface area contributed by atoms with Crippen molar-refractivity contribution in [3.05, 3.63) is 29.3 Å². The molecule has 1 aromatic carbocycles. The van der Waals surface area contributed by atoms with Gasteiger partial charge in [-0.05, 0) is 30.7 Å². The van der Waals surface area contributed by atoms with Gasteiger partial charge in [0.2, 0.25) is 5.91 Å². The molecule has 0 aliphatic carbocycles. The van der Waals surface area contributed by atoms with Gasteiger partial charge in [-0.1, -0.05) is 0 Å². The lowest BCUT2D eigenvalue weighted by Gasteiger charge is -2.11. The Morgan fingerprint density at radius 1 is 1.36 bits per heavy atom. The van der Waals surface area contributed by atoms with Gasteiger partial charge in [0.25, 0.3) is 0 Å². The zero-order valence-corrected chi connectivity index (χ0v) is 12.3. The van der Waals surface area contributed by atoms with Crippen molar-refractivity contribution in [2.24, 2.45) is 10.2 Å². The summed E-state index contributed by atoms with van der Waals surface area (Å²) in [6.45, 7) is 1.75. The fraction of sp³-hybridized carbons (Fsp3) is 0.375. The van der Waals surface area contributed by atoms with Gasteiger partial charge >= 0.3 is 5.97 Å². The molecule has 1 amide bonds. The van der Waals surface area contributed by atoms with Gasteiger partial charge in [0.05, 0.1) is 5.56 Å². The molecular formula is C16H17N3O3. The monoisotopic (exact) mass is 299 g/mol. The van der Waals surface area contributed by atoms with Gasteiger partial charge in [-0.25, -0.2) is 4.79 Å². The maximum absolute atomic E-state index is 12.0. The molecule has 2 rings (SSSR count). The molecule has 0 atom stereocenters. The topological polar surface area (TPSA) is 91.1 Å². The molecule has 0 bridgehead atoms. The average Bonchev–Trinajstić information content (AvgIpc) is 3.25. The van der Waals surface area contributed by atoms with Crippen molar-refractivity contribution in [2.75, 3.05) is 5.32 Å². The summed E-state index contributed by atoms with van der Waals surface area (Å²) in [4.78, 5) is 22.9. The molecule has 0 saturated heterocycles. The first-order valence-corrected chi connectivity index (χ1v) is 6.97. The summed E-state index contributed by atoms with van der Waals surface area (Å²) in [7, 11) is 0. The lowest BCUT2D eigenvalue weighted by atomic mass is 10.0. The molecule has 0 unspecified atom stereocenters. The number of carboxylic acid groups (broad SMARTS) is 1. The molecule has 22 heavy (non-hydrogen) atoms. The quantitative estimate of drug-likeness (QED) is 0.758. The number of amides is 1. The lowest BCUT2D eigenvalue weighted by Crippen LogP contribution is -2.18. The molecule has 0 spiro atoms. The van der Waals surface area contributed by atoms with E-state index in [0.29, 0.717) is 30.5 Å². The van der Waals surface area contributed by atoms with E-state index < -0.39 is 11.6 Å². The van der Waals surface area contributed by atoms with Gasteiger partial charge < -0.3 is 10.4 Å². The van der Waals surface area contributed by atoms with E-state index in [-0.39, 0.29) is 17.9 Å². The molecule has 1 aromatic rings. The Morgan fingerprint density at radius 2 is 2.09 bits per heavy atom. The van der Waals surface area contributed by atoms with Gasteiger partial charge in [0.15, 0.2) is 5.66 Å². The van der Waals surface area contributed by atoms with Crippen LogP contribution in [0.2, 0.25) is 0 Å². The highest BCUT2D eigenvalue weighted by atomic mass is 16.4. The van der Waals surface area contributed by atoms with Crippen molar-refractivity contribution in [2.45, 2.75) is 38.3 Å². The van der Waals surface area contributed by atoms with E-state index in [0.717, 1.165) is 0 Å². The first-order valence-electron chi connectivity index (χ1n) is 6.97. The highest BCUT2D eigenvalue weighted by Crippen LogP contribution is 2.37. The zero-order valence-electron chi connectivity index (χ0n) is 12.3. The van der Waals surface area contributed by atoms with Crippen molar-refractivity contribution in [3.63, 3.8) is 0 Å². The number of rotatable bonds is 7. The van der Waals surface area contributed by atoms with Gasteiger partial charge in [0.1, 0.15) is 0 Å². The standard InChI is InChI=1S/C16H17N3O3/c1-3-4-8-16(18-19-16)9-7-14(20)17-13-6-5-12(15(21)22)10-11(13)2/h1,5-6,10H,4,7-9H2,2H3,(H,17,20)(H,21,22). The Balaban J connectivity index is 1.87. The van der Waals surface area contributed by atoms with Crippen LogP contribution in [0.4, 0.5) is 5.69 Å². The molecule has 2 N–H and O–H groups in total.